The highest BCUT2D eigenvalue weighted by molar-refractivity contribution is 4.73. The van der Waals surface area contributed by atoms with E-state index in [1.165, 1.54) is 0 Å². The van der Waals surface area contributed by atoms with E-state index in [1.54, 1.807) is 0 Å². The molecule has 0 spiro atoms. The lowest BCUT2D eigenvalue weighted by Crippen LogP contribution is -2.06. The summed E-state index contributed by atoms with van der Waals surface area (Å²) in [7, 11) is 0. The van der Waals surface area contributed by atoms with E-state index in [1.807, 2.05) is 0 Å². The van der Waals surface area contributed by atoms with Crippen molar-refractivity contribution in [3.05, 3.63) is 0 Å². The Hall–Kier alpha value is -0.120. The van der Waals surface area contributed by atoms with E-state index in [9.17, 15) is 0 Å². The molecule has 2 N–H and O–H groups in total. The topological polar surface area (TPSA) is 49.7 Å². The van der Waals surface area contributed by atoms with Gasteiger partial charge in [0.2, 0.25) is 0 Å². The van der Waals surface area contributed by atoms with Crippen molar-refractivity contribution in [1.29, 1.82) is 0 Å². The highest BCUT2D eigenvalue weighted by Gasteiger charge is 2.22. The van der Waals surface area contributed by atoms with Gasteiger partial charge in [-0.25, -0.2) is 4.89 Å². The van der Waals surface area contributed by atoms with Gasteiger partial charge in [-0.15, -0.1) is 0 Å². The van der Waals surface area contributed by atoms with Gasteiger partial charge in [0, 0.05) is 6.42 Å². The molecule has 1 rings (SSSR count). The van der Waals surface area contributed by atoms with Crippen molar-refractivity contribution in [2.45, 2.75) is 31.5 Å². The third kappa shape index (κ3) is 1.18. The van der Waals surface area contributed by atoms with Crippen LogP contribution in [-0.4, -0.2) is 22.6 Å². The molecule has 2 atom stereocenters. The molecule has 0 aromatic carbocycles. The highest BCUT2D eigenvalue weighted by atomic mass is 17.1. The summed E-state index contributed by atoms with van der Waals surface area (Å²) in [5.74, 6) is 0. The van der Waals surface area contributed by atoms with Crippen LogP contribution in [-0.2, 0) is 4.89 Å². The van der Waals surface area contributed by atoms with Crippen LogP contribution in [0.25, 0.3) is 0 Å². The van der Waals surface area contributed by atoms with E-state index < -0.39 is 0 Å². The SMILES string of the molecule is OOC1CCC(O)C1. The van der Waals surface area contributed by atoms with Gasteiger partial charge in [-0.1, -0.05) is 0 Å². The Morgan fingerprint density at radius 3 is 2.38 bits per heavy atom. The van der Waals surface area contributed by atoms with Crippen LogP contribution < -0.4 is 0 Å². The summed E-state index contributed by atoms with van der Waals surface area (Å²) in [5.41, 5.74) is 0. The summed E-state index contributed by atoms with van der Waals surface area (Å²) < 4.78 is 0. The summed E-state index contributed by atoms with van der Waals surface area (Å²) >= 11 is 0. The normalized spacial score (nSPS) is 38.2. The first kappa shape index (κ1) is 6.01. The van der Waals surface area contributed by atoms with Crippen LogP contribution in [0.5, 0.6) is 0 Å². The molecule has 1 aliphatic carbocycles. The Labute approximate surface area is 47.8 Å². The summed E-state index contributed by atoms with van der Waals surface area (Å²) in [5, 5.41) is 16.9. The quantitative estimate of drug-likeness (QED) is 0.387. The number of rotatable bonds is 1. The summed E-state index contributed by atoms with van der Waals surface area (Å²) in [4.78, 5) is 4.02. The van der Waals surface area contributed by atoms with Crippen LogP contribution in [0, 0.1) is 0 Å². The fourth-order valence-electron chi connectivity index (χ4n) is 1.01. The third-order valence-electron chi connectivity index (χ3n) is 1.51. The molecule has 0 amide bonds. The van der Waals surface area contributed by atoms with E-state index in [2.05, 4.69) is 4.89 Å². The molecular weight excluding hydrogens is 108 g/mol. The number of aliphatic hydroxyl groups is 1. The minimum atomic E-state index is -0.257. The molecule has 0 radical (unpaired) electrons. The average molecular weight is 118 g/mol. The minimum Gasteiger partial charge on any atom is -0.393 e. The monoisotopic (exact) mass is 118 g/mol. The molecule has 2 unspecified atom stereocenters. The molecule has 48 valence electrons. The van der Waals surface area contributed by atoms with Crippen molar-refractivity contribution in [2.75, 3.05) is 0 Å². The van der Waals surface area contributed by atoms with Gasteiger partial charge in [0.25, 0.3) is 0 Å². The average Bonchev–Trinajstić information content (AvgIpc) is 2.14. The first-order chi connectivity index (χ1) is 3.83. The van der Waals surface area contributed by atoms with E-state index in [0.29, 0.717) is 6.42 Å². The van der Waals surface area contributed by atoms with Gasteiger partial charge in [0.1, 0.15) is 0 Å². The summed E-state index contributed by atoms with van der Waals surface area (Å²) in [6.07, 6.45) is 1.73. The Kier molecular flexibility index (Phi) is 1.83. The van der Waals surface area contributed by atoms with Gasteiger partial charge in [0.15, 0.2) is 0 Å². The molecular formula is C5H10O3. The first-order valence-corrected chi connectivity index (χ1v) is 2.81. The van der Waals surface area contributed by atoms with Gasteiger partial charge in [-0.3, -0.25) is 5.26 Å². The maximum absolute atomic E-state index is 8.84. The molecule has 0 bridgehead atoms. The van der Waals surface area contributed by atoms with E-state index >= 15 is 0 Å². The van der Waals surface area contributed by atoms with Gasteiger partial charge in [0.05, 0.1) is 12.2 Å². The predicted molar refractivity (Wildman–Crippen MR) is 27.4 cm³/mol. The minimum absolute atomic E-state index is 0.120. The lowest BCUT2D eigenvalue weighted by atomic mass is 10.3. The van der Waals surface area contributed by atoms with Gasteiger partial charge < -0.3 is 5.11 Å². The zero-order valence-electron chi connectivity index (χ0n) is 4.58. The van der Waals surface area contributed by atoms with E-state index in [0.717, 1.165) is 12.8 Å². The largest absolute Gasteiger partial charge is 0.393 e. The molecule has 1 saturated carbocycles. The van der Waals surface area contributed by atoms with Crippen LogP contribution in [0.15, 0.2) is 0 Å². The first-order valence-electron chi connectivity index (χ1n) is 2.81. The Morgan fingerprint density at radius 1 is 1.38 bits per heavy atom. The number of hydrogen-bond donors (Lipinski definition) is 2. The second-order valence-electron chi connectivity index (χ2n) is 2.19. The fourth-order valence-corrected chi connectivity index (χ4v) is 1.01. The Morgan fingerprint density at radius 2 is 2.12 bits per heavy atom. The molecule has 0 aromatic heterocycles. The van der Waals surface area contributed by atoms with Crippen molar-refractivity contribution < 1.29 is 15.3 Å². The van der Waals surface area contributed by atoms with Crippen LogP contribution in [0.1, 0.15) is 19.3 Å². The van der Waals surface area contributed by atoms with E-state index in [4.69, 9.17) is 10.4 Å². The Balaban J connectivity index is 2.22. The lowest BCUT2D eigenvalue weighted by Gasteiger charge is -2.00. The van der Waals surface area contributed by atoms with Crippen LogP contribution in [0.4, 0.5) is 0 Å². The van der Waals surface area contributed by atoms with E-state index in [-0.39, 0.29) is 12.2 Å². The van der Waals surface area contributed by atoms with Crippen LogP contribution in [0.3, 0.4) is 0 Å². The smallest absolute Gasteiger partial charge is 0.0952 e. The van der Waals surface area contributed by atoms with Crippen molar-refractivity contribution in [3.63, 3.8) is 0 Å². The third-order valence-corrected chi connectivity index (χ3v) is 1.51. The summed E-state index contributed by atoms with van der Waals surface area (Å²) in [6.45, 7) is 0. The second kappa shape index (κ2) is 2.44. The molecule has 3 heteroatoms. The summed E-state index contributed by atoms with van der Waals surface area (Å²) in [6, 6.07) is 0. The predicted octanol–water partition coefficient (Wildman–Crippen LogP) is 0.389. The highest BCUT2D eigenvalue weighted by Crippen LogP contribution is 2.20. The van der Waals surface area contributed by atoms with Crippen molar-refractivity contribution in [1.82, 2.24) is 0 Å². The Bertz CT molecular complexity index is 74.1. The molecule has 0 heterocycles. The second-order valence-corrected chi connectivity index (χ2v) is 2.19. The van der Waals surface area contributed by atoms with Crippen molar-refractivity contribution >= 4 is 0 Å². The van der Waals surface area contributed by atoms with Crippen LogP contribution in [0.2, 0.25) is 0 Å². The standard InChI is InChI=1S/C5H10O3/c6-4-1-2-5(3-4)8-7/h4-7H,1-3H2. The van der Waals surface area contributed by atoms with Gasteiger partial charge in [-0.2, -0.15) is 0 Å². The molecule has 3 nitrogen and oxygen atoms in total. The number of aliphatic hydroxyl groups excluding tert-OH is 1. The molecule has 0 saturated heterocycles. The maximum atomic E-state index is 8.84. The zero-order chi connectivity index (χ0) is 5.98. The fraction of sp³-hybridized carbons (Fsp3) is 1.00. The molecule has 1 aliphatic rings. The molecule has 1 fully saturated rings. The van der Waals surface area contributed by atoms with Gasteiger partial charge >= 0.3 is 0 Å². The number of hydrogen-bond acceptors (Lipinski definition) is 3. The molecule has 0 aliphatic heterocycles. The molecule has 8 heavy (non-hydrogen) atoms. The zero-order valence-corrected chi connectivity index (χ0v) is 4.58. The van der Waals surface area contributed by atoms with Crippen LogP contribution >= 0.6 is 0 Å². The van der Waals surface area contributed by atoms with Crippen molar-refractivity contribution in [3.8, 4) is 0 Å². The molecule has 0 aromatic rings. The van der Waals surface area contributed by atoms with Crippen molar-refractivity contribution in [2.24, 2.45) is 0 Å². The lowest BCUT2D eigenvalue weighted by molar-refractivity contribution is -0.277. The van der Waals surface area contributed by atoms with Gasteiger partial charge in [-0.05, 0) is 12.8 Å². The maximum Gasteiger partial charge on any atom is 0.0952 e.